The Bertz CT molecular complexity index is 680. The molecule has 1 aliphatic rings. The van der Waals surface area contributed by atoms with Crippen molar-refractivity contribution in [3.05, 3.63) is 23.6 Å². The summed E-state index contributed by atoms with van der Waals surface area (Å²) in [4.78, 5) is 10.7. The summed E-state index contributed by atoms with van der Waals surface area (Å²) in [7, 11) is 0. The Balaban J connectivity index is 2.21. The van der Waals surface area contributed by atoms with E-state index in [0.29, 0.717) is 0 Å². The lowest BCUT2D eigenvalue weighted by molar-refractivity contribution is 0.0686. The standard InChI is InChI=1S/C11H6FNO6/c12-4-1-7-10(18-3-17-7)8(9(4)14)6-2-5(11(15)16)13-19-6/h1-2,14H,3H2,(H,15,16). The van der Waals surface area contributed by atoms with E-state index in [4.69, 9.17) is 19.1 Å². The van der Waals surface area contributed by atoms with Gasteiger partial charge in [0.25, 0.3) is 0 Å². The number of carboxylic acids is 1. The van der Waals surface area contributed by atoms with Crippen LogP contribution in [0.2, 0.25) is 0 Å². The van der Waals surface area contributed by atoms with Crippen LogP contribution in [-0.2, 0) is 0 Å². The van der Waals surface area contributed by atoms with Crippen molar-refractivity contribution in [2.45, 2.75) is 0 Å². The van der Waals surface area contributed by atoms with Crippen LogP contribution in [0.25, 0.3) is 11.3 Å². The number of halogens is 1. The molecule has 2 N–H and O–H groups in total. The number of aromatic nitrogens is 1. The normalized spacial score (nSPS) is 12.7. The molecule has 1 aromatic heterocycles. The van der Waals surface area contributed by atoms with E-state index in [0.717, 1.165) is 12.1 Å². The van der Waals surface area contributed by atoms with Crippen molar-refractivity contribution in [1.82, 2.24) is 5.16 Å². The molecule has 98 valence electrons. The molecular formula is C11H6FNO6. The van der Waals surface area contributed by atoms with Gasteiger partial charge in [0.1, 0.15) is 5.56 Å². The Hall–Kier alpha value is -2.77. The molecule has 0 atom stereocenters. The number of ether oxygens (including phenoxy) is 2. The van der Waals surface area contributed by atoms with Gasteiger partial charge in [-0.15, -0.1) is 0 Å². The van der Waals surface area contributed by atoms with Crippen LogP contribution in [0.15, 0.2) is 16.7 Å². The second-order valence-corrected chi connectivity index (χ2v) is 3.70. The van der Waals surface area contributed by atoms with Gasteiger partial charge in [0.2, 0.25) is 6.79 Å². The summed E-state index contributed by atoms with van der Waals surface area (Å²) in [6.45, 7) is -0.134. The molecule has 3 rings (SSSR count). The molecule has 2 heterocycles. The van der Waals surface area contributed by atoms with Crippen LogP contribution in [0, 0.1) is 5.82 Å². The minimum Gasteiger partial charge on any atom is -0.504 e. The van der Waals surface area contributed by atoms with Crippen molar-refractivity contribution in [1.29, 1.82) is 0 Å². The lowest BCUT2D eigenvalue weighted by Crippen LogP contribution is -1.94. The fourth-order valence-corrected chi connectivity index (χ4v) is 1.72. The number of hydrogen-bond acceptors (Lipinski definition) is 6. The molecule has 0 amide bonds. The summed E-state index contributed by atoms with van der Waals surface area (Å²) < 4.78 is 28.4. The molecule has 0 aliphatic carbocycles. The smallest absolute Gasteiger partial charge is 0.358 e. The van der Waals surface area contributed by atoms with Crippen molar-refractivity contribution in [3.63, 3.8) is 0 Å². The highest BCUT2D eigenvalue weighted by atomic mass is 19.1. The van der Waals surface area contributed by atoms with Crippen LogP contribution in [0.1, 0.15) is 10.5 Å². The lowest BCUT2D eigenvalue weighted by Gasteiger charge is -2.05. The molecule has 0 spiro atoms. The maximum Gasteiger partial charge on any atom is 0.358 e. The predicted octanol–water partition coefficient (Wildman–Crippen LogP) is 1.61. The van der Waals surface area contributed by atoms with Crippen molar-refractivity contribution in [2.24, 2.45) is 0 Å². The third-order valence-corrected chi connectivity index (χ3v) is 2.57. The molecule has 8 heteroatoms. The van der Waals surface area contributed by atoms with E-state index in [-0.39, 0.29) is 35.3 Å². The third kappa shape index (κ3) is 1.65. The number of nitrogens with zero attached hydrogens (tertiary/aromatic N) is 1. The monoisotopic (exact) mass is 267 g/mol. The SMILES string of the molecule is O=C(O)c1cc(-c2c(O)c(F)cc3c2OCO3)on1. The van der Waals surface area contributed by atoms with Crippen molar-refractivity contribution in [2.75, 3.05) is 6.79 Å². The van der Waals surface area contributed by atoms with Crippen LogP contribution in [0.5, 0.6) is 17.2 Å². The Morgan fingerprint density at radius 3 is 2.84 bits per heavy atom. The van der Waals surface area contributed by atoms with Gasteiger partial charge in [0, 0.05) is 12.1 Å². The molecule has 1 aromatic carbocycles. The van der Waals surface area contributed by atoms with Crippen molar-refractivity contribution in [3.8, 4) is 28.6 Å². The van der Waals surface area contributed by atoms with Gasteiger partial charge in [-0.05, 0) is 0 Å². The van der Waals surface area contributed by atoms with Crippen LogP contribution in [0.3, 0.4) is 0 Å². The third-order valence-electron chi connectivity index (χ3n) is 2.57. The van der Waals surface area contributed by atoms with Gasteiger partial charge < -0.3 is 24.2 Å². The molecule has 2 aromatic rings. The zero-order chi connectivity index (χ0) is 13.6. The molecule has 0 unspecified atom stereocenters. The quantitative estimate of drug-likeness (QED) is 0.852. The zero-order valence-electron chi connectivity index (χ0n) is 9.21. The van der Waals surface area contributed by atoms with E-state index in [1.807, 2.05) is 0 Å². The maximum absolute atomic E-state index is 13.5. The molecule has 0 fully saturated rings. The first-order chi connectivity index (χ1) is 9.08. The topological polar surface area (TPSA) is 102 Å². The maximum atomic E-state index is 13.5. The van der Waals surface area contributed by atoms with Crippen molar-refractivity contribution < 1.29 is 33.4 Å². The number of aromatic carboxylic acids is 1. The van der Waals surface area contributed by atoms with E-state index in [9.17, 15) is 14.3 Å². The summed E-state index contributed by atoms with van der Waals surface area (Å²) >= 11 is 0. The number of phenols is 1. The highest BCUT2D eigenvalue weighted by molar-refractivity contribution is 5.87. The Kier molecular flexibility index (Phi) is 2.31. The number of aromatic hydroxyl groups is 1. The summed E-state index contributed by atoms with van der Waals surface area (Å²) in [6.07, 6.45) is 0. The number of fused-ring (bicyclic) bond motifs is 1. The molecule has 0 saturated carbocycles. The minimum absolute atomic E-state index is 0.0759. The van der Waals surface area contributed by atoms with E-state index in [1.165, 1.54) is 0 Å². The molecular weight excluding hydrogens is 261 g/mol. The summed E-state index contributed by atoms with van der Waals surface area (Å²) in [5.74, 6) is -2.92. The molecule has 0 saturated heterocycles. The van der Waals surface area contributed by atoms with E-state index < -0.39 is 17.5 Å². The second kappa shape index (κ2) is 3.87. The first kappa shape index (κ1) is 11.3. The fourth-order valence-electron chi connectivity index (χ4n) is 1.72. The van der Waals surface area contributed by atoms with Crippen molar-refractivity contribution >= 4 is 5.97 Å². The number of carboxylic acid groups (broad SMARTS) is 1. The zero-order valence-corrected chi connectivity index (χ0v) is 9.21. The summed E-state index contributed by atoms with van der Waals surface area (Å²) in [5.41, 5.74) is -0.501. The Labute approximate surface area is 104 Å². The largest absolute Gasteiger partial charge is 0.504 e. The van der Waals surface area contributed by atoms with Gasteiger partial charge in [-0.25, -0.2) is 9.18 Å². The highest BCUT2D eigenvalue weighted by Gasteiger charge is 2.28. The van der Waals surface area contributed by atoms with Gasteiger partial charge in [0.15, 0.2) is 34.5 Å². The van der Waals surface area contributed by atoms with Gasteiger partial charge >= 0.3 is 5.97 Å². The van der Waals surface area contributed by atoms with Gasteiger partial charge in [-0.1, -0.05) is 5.16 Å². The minimum atomic E-state index is -1.31. The van der Waals surface area contributed by atoms with Crippen LogP contribution in [-0.4, -0.2) is 28.1 Å². The highest BCUT2D eigenvalue weighted by Crippen LogP contribution is 2.47. The van der Waals surface area contributed by atoms with Crippen LogP contribution in [0.4, 0.5) is 4.39 Å². The summed E-state index contributed by atoms with van der Waals surface area (Å²) in [6, 6.07) is 2.02. The van der Waals surface area contributed by atoms with Gasteiger partial charge in [-0.2, -0.15) is 0 Å². The first-order valence-electron chi connectivity index (χ1n) is 5.09. The van der Waals surface area contributed by atoms with Gasteiger partial charge in [0.05, 0.1) is 0 Å². The Morgan fingerprint density at radius 1 is 1.37 bits per heavy atom. The molecule has 0 radical (unpaired) electrons. The Morgan fingerprint density at radius 2 is 2.16 bits per heavy atom. The average Bonchev–Trinajstić information content (AvgIpc) is 2.99. The second-order valence-electron chi connectivity index (χ2n) is 3.70. The molecule has 1 aliphatic heterocycles. The number of hydrogen-bond donors (Lipinski definition) is 2. The van der Waals surface area contributed by atoms with Gasteiger partial charge in [-0.3, -0.25) is 0 Å². The van der Waals surface area contributed by atoms with E-state index in [2.05, 4.69) is 5.16 Å². The number of rotatable bonds is 2. The number of phenolic OH excluding ortho intramolecular Hbond substituents is 1. The lowest BCUT2D eigenvalue weighted by atomic mass is 10.1. The molecule has 19 heavy (non-hydrogen) atoms. The molecule has 0 bridgehead atoms. The fraction of sp³-hybridized carbons (Fsp3) is 0.0909. The predicted molar refractivity (Wildman–Crippen MR) is 56.6 cm³/mol. The van der Waals surface area contributed by atoms with E-state index >= 15 is 0 Å². The van der Waals surface area contributed by atoms with Crippen LogP contribution < -0.4 is 9.47 Å². The molecule has 7 nitrogen and oxygen atoms in total. The summed E-state index contributed by atoms with van der Waals surface area (Å²) in [5, 5.41) is 21.7. The first-order valence-corrected chi connectivity index (χ1v) is 5.09. The van der Waals surface area contributed by atoms with E-state index in [1.54, 1.807) is 0 Å². The number of carbonyl (C=O) groups is 1. The average molecular weight is 267 g/mol. The number of benzene rings is 1. The van der Waals surface area contributed by atoms with Crippen LogP contribution >= 0.6 is 0 Å².